The summed E-state index contributed by atoms with van der Waals surface area (Å²) in [5.74, 6) is 0.882. The zero-order chi connectivity index (χ0) is 11.1. The molecule has 15 heavy (non-hydrogen) atoms. The van der Waals surface area contributed by atoms with E-state index >= 15 is 0 Å². The summed E-state index contributed by atoms with van der Waals surface area (Å²) < 4.78 is 2.10. The van der Waals surface area contributed by atoms with Crippen LogP contribution in [0.2, 0.25) is 0 Å². The summed E-state index contributed by atoms with van der Waals surface area (Å²) in [6, 6.07) is 0. The van der Waals surface area contributed by atoms with Crippen LogP contribution in [0.1, 0.15) is 51.5 Å². The normalized spacial score (nSPS) is 17.0. The molecule has 2 rings (SSSR count). The molecule has 1 heterocycles. The van der Waals surface area contributed by atoms with Crippen LogP contribution in [0.4, 0.5) is 0 Å². The molecule has 0 bridgehead atoms. The molecule has 1 aromatic rings. The van der Waals surface area contributed by atoms with Crippen molar-refractivity contribution in [2.45, 2.75) is 59.4 Å². The van der Waals surface area contributed by atoms with Crippen LogP contribution in [-0.2, 0) is 6.54 Å². The largest absolute Gasteiger partial charge is 0.272 e. The average molecular weight is 208 g/mol. The summed E-state index contributed by atoms with van der Waals surface area (Å²) >= 11 is 0. The van der Waals surface area contributed by atoms with E-state index in [4.69, 9.17) is 0 Å². The van der Waals surface area contributed by atoms with Crippen LogP contribution in [0.5, 0.6) is 0 Å². The third kappa shape index (κ3) is 4.06. The van der Waals surface area contributed by atoms with Crippen LogP contribution in [0.15, 0.2) is 12.4 Å². The van der Waals surface area contributed by atoms with Crippen molar-refractivity contribution in [2.24, 2.45) is 5.92 Å². The Balaban J connectivity index is 0.000000531. The van der Waals surface area contributed by atoms with Crippen LogP contribution < -0.4 is 0 Å². The standard InChI is InChI=1S/C11H18N2.C2H6/c1-10-7-12-13(8-10)9-11-5-3-2-4-6-11;1-2/h7-8,11H,2-6,9H2,1H3;1-2H3. The van der Waals surface area contributed by atoms with E-state index in [1.165, 1.54) is 37.7 Å². The number of hydrogen-bond donors (Lipinski definition) is 0. The molecule has 0 amide bonds. The van der Waals surface area contributed by atoms with Gasteiger partial charge in [0.15, 0.2) is 0 Å². The molecule has 0 saturated heterocycles. The van der Waals surface area contributed by atoms with Gasteiger partial charge in [-0.25, -0.2) is 0 Å². The fraction of sp³-hybridized carbons (Fsp3) is 0.769. The minimum Gasteiger partial charge on any atom is -0.272 e. The summed E-state index contributed by atoms with van der Waals surface area (Å²) in [6.45, 7) is 7.23. The molecule has 0 radical (unpaired) electrons. The lowest BCUT2D eigenvalue weighted by atomic mass is 9.89. The summed E-state index contributed by atoms with van der Waals surface area (Å²) in [5, 5.41) is 4.33. The first kappa shape index (κ1) is 12.3. The SMILES string of the molecule is CC.Cc1cnn(CC2CCCCC2)c1. The van der Waals surface area contributed by atoms with Gasteiger partial charge in [0, 0.05) is 12.7 Å². The summed E-state index contributed by atoms with van der Waals surface area (Å²) in [6.07, 6.45) is 11.2. The molecule has 2 nitrogen and oxygen atoms in total. The molecule has 1 saturated carbocycles. The predicted octanol–water partition coefficient (Wildman–Crippen LogP) is 3.80. The Kier molecular flexibility index (Phi) is 5.44. The van der Waals surface area contributed by atoms with E-state index in [0.717, 1.165) is 12.5 Å². The number of aryl methyl sites for hydroxylation is 1. The lowest BCUT2D eigenvalue weighted by Crippen LogP contribution is -2.14. The summed E-state index contributed by atoms with van der Waals surface area (Å²) in [5.41, 5.74) is 1.27. The van der Waals surface area contributed by atoms with Crippen molar-refractivity contribution in [3.63, 3.8) is 0 Å². The first-order chi connectivity index (χ1) is 7.34. The molecule has 86 valence electrons. The number of aromatic nitrogens is 2. The molecule has 0 atom stereocenters. The van der Waals surface area contributed by atoms with Gasteiger partial charge in [0.2, 0.25) is 0 Å². The predicted molar refractivity (Wildman–Crippen MR) is 64.9 cm³/mol. The Bertz CT molecular complexity index is 259. The number of nitrogens with zero attached hydrogens (tertiary/aromatic N) is 2. The topological polar surface area (TPSA) is 17.8 Å². The monoisotopic (exact) mass is 208 g/mol. The van der Waals surface area contributed by atoms with Crippen molar-refractivity contribution in [3.8, 4) is 0 Å². The molecular weight excluding hydrogens is 184 g/mol. The molecule has 0 N–H and O–H groups in total. The molecule has 0 spiro atoms. The van der Waals surface area contributed by atoms with Crippen molar-refractivity contribution in [3.05, 3.63) is 18.0 Å². The minimum absolute atomic E-state index is 0.882. The van der Waals surface area contributed by atoms with E-state index < -0.39 is 0 Å². The van der Waals surface area contributed by atoms with Crippen LogP contribution in [0, 0.1) is 12.8 Å². The van der Waals surface area contributed by atoms with Crippen molar-refractivity contribution in [1.82, 2.24) is 9.78 Å². The summed E-state index contributed by atoms with van der Waals surface area (Å²) in [7, 11) is 0. The molecule has 2 heteroatoms. The summed E-state index contributed by atoms with van der Waals surface area (Å²) in [4.78, 5) is 0. The molecule has 1 aliphatic rings. The highest BCUT2D eigenvalue weighted by atomic mass is 15.3. The van der Waals surface area contributed by atoms with Gasteiger partial charge in [-0.3, -0.25) is 4.68 Å². The molecule has 0 unspecified atom stereocenters. The van der Waals surface area contributed by atoms with Gasteiger partial charge >= 0.3 is 0 Å². The van der Waals surface area contributed by atoms with E-state index in [-0.39, 0.29) is 0 Å². The molecular formula is C13H24N2. The van der Waals surface area contributed by atoms with Crippen molar-refractivity contribution in [2.75, 3.05) is 0 Å². The van der Waals surface area contributed by atoms with E-state index in [1.54, 1.807) is 0 Å². The van der Waals surface area contributed by atoms with Gasteiger partial charge < -0.3 is 0 Å². The highest BCUT2D eigenvalue weighted by molar-refractivity contribution is 4.99. The fourth-order valence-corrected chi connectivity index (χ4v) is 2.20. The maximum atomic E-state index is 4.33. The Labute approximate surface area is 93.7 Å². The smallest absolute Gasteiger partial charge is 0.0518 e. The average Bonchev–Trinajstić information content (AvgIpc) is 2.68. The van der Waals surface area contributed by atoms with Crippen LogP contribution in [0.3, 0.4) is 0 Å². The zero-order valence-electron chi connectivity index (χ0n) is 10.4. The lowest BCUT2D eigenvalue weighted by Gasteiger charge is -2.21. The second-order valence-corrected chi connectivity index (χ2v) is 4.24. The van der Waals surface area contributed by atoms with Crippen molar-refractivity contribution >= 4 is 0 Å². The second kappa shape index (κ2) is 6.65. The molecule has 1 aliphatic carbocycles. The van der Waals surface area contributed by atoms with Gasteiger partial charge in [-0.2, -0.15) is 5.10 Å². The first-order valence-corrected chi connectivity index (χ1v) is 6.33. The van der Waals surface area contributed by atoms with Crippen molar-refractivity contribution in [1.29, 1.82) is 0 Å². The van der Waals surface area contributed by atoms with E-state index in [9.17, 15) is 0 Å². The second-order valence-electron chi connectivity index (χ2n) is 4.24. The van der Waals surface area contributed by atoms with Gasteiger partial charge in [0.25, 0.3) is 0 Å². The Morgan fingerprint density at radius 1 is 1.27 bits per heavy atom. The highest BCUT2D eigenvalue weighted by Crippen LogP contribution is 2.24. The Hall–Kier alpha value is -0.790. The van der Waals surface area contributed by atoms with Crippen LogP contribution in [0.25, 0.3) is 0 Å². The van der Waals surface area contributed by atoms with E-state index in [1.807, 2.05) is 20.0 Å². The van der Waals surface area contributed by atoms with Gasteiger partial charge in [0.05, 0.1) is 6.20 Å². The van der Waals surface area contributed by atoms with Crippen LogP contribution >= 0.6 is 0 Å². The minimum atomic E-state index is 0.882. The highest BCUT2D eigenvalue weighted by Gasteiger charge is 2.13. The lowest BCUT2D eigenvalue weighted by molar-refractivity contribution is 0.308. The Morgan fingerprint density at radius 2 is 1.93 bits per heavy atom. The maximum absolute atomic E-state index is 4.33. The van der Waals surface area contributed by atoms with E-state index in [2.05, 4.69) is 22.9 Å². The van der Waals surface area contributed by atoms with Gasteiger partial charge in [0.1, 0.15) is 0 Å². The van der Waals surface area contributed by atoms with Gasteiger partial charge in [-0.05, 0) is 31.2 Å². The van der Waals surface area contributed by atoms with E-state index in [0.29, 0.717) is 0 Å². The number of hydrogen-bond acceptors (Lipinski definition) is 1. The maximum Gasteiger partial charge on any atom is 0.0518 e. The van der Waals surface area contributed by atoms with Gasteiger partial charge in [-0.15, -0.1) is 0 Å². The number of rotatable bonds is 2. The third-order valence-corrected chi connectivity index (χ3v) is 2.93. The molecule has 0 aromatic carbocycles. The zero-order valence-corrected chi connectivity index (χ0v) is 10.4. The molecule has 0 aliphatic heterocycles. The fourth-order valence-electron chi connectivity index (χ4n) is 2.20. The Morgan fingerprint density at radius 3 is 2.47 bits per heavy atom. The van der Waals surface area contributed by atoms with Crippen molar-refractivity contribution < 1.29 is 0 Å². The molecule has 1 aromatic heterocycles. The first-order valence-electron chi connectivity index (χ1n) is 6.33. The van der Waals surface area contributed by atoms with Crippen LogP contribution in [-0.4, -0.2) is 9.78 Å². The quantitative estimate of drug-likeness (QED) is 0.723. The molecule has 1 fully saturated rings. The van der Waals surface area contributed by atoms with Gasteiger partial charge in [-0.1, -0.05) is 33.1 Å². The third-order valence-electron chi connectivity index (χ3n) is 2.93.